The molecule has 29 heavy (non-hydrogen) atoms. The number of aryl methyl sites for hydroxylation is 1. The number of methoxy groups -OCH3 is 1. The maximum Gasteiger partial charge on any atom is 0.240 e. The summed E-state index contributed by atoms with van der Waals surface area (Å²) in [6.07, 6.45) is 0.0861. The normalized spacial score (nSPS) is 18.8. The summed E-state index contributed by atoms with van der Waals surface area (Å²) in [7, 11) is -2.23. The van der Waals surface area contributed by atoms with Crippen molar-refractivity contribution in [3.63, 3.8) is 0 Å². The highest BCUT2D eigenvalue weighted by atomic mass is 32.2. The van der Waals surface area contributed by atoms with Crippen molar-refractivity contribution >= 4 is 21.6 Å². The molecule has 2 aromatic carbocycles. The number of anilines is 1. The molecule has 8 nitrogen and oxygen atoms in total. The summed E-state index contributed by atoms with van der Waals surface area (Å²) in [4.78, 5) is 14.2. The number of hydrogen-bond acceptors (Lipinski definition) is 6. The second-order valence-corrected chi connectivity index (χ2v) is 8.70. The molecule has 154 valence electrons. The summed E-state index contributed by atoms with van der Waals surface area (Å²) in [6.45, 7) is 2.96. The Morgan fingerprint density at radius 3 is 2.59 bits per heavy atom. The van der Waals surface area contributed by atoms with E-state index in [0.717, 1.165) is 5.56 Å². The van der Waals surface area contributed by atoms with Crippen LogP contribution < -0.4 is 23.8 Å². The lowest BCUT2D eigenvalue weighted by molar-refractivity contribution is -0.117. The van der Waals surface area contributed by atoms with Crippen LogP contribution in [0.25, 0.3) is 0 Å². The van der Waals surface area contributed by atoms with E-state index in [1.807, 2.05) is 0 Å². The number of carbonyl (C=O) groups is 1. The van der Waals surface area contributed by atoms with E-state index >= 15 is 0 Å². The fraction of sp³-hybridized carbons (Fsp3) is 0.350. The first-order valence-electron chi connectivity index (χ1n) is 9.24. The molecule has 0 aromatic heterocycles. The molecule has 2 aliphatic heterocycles. The van der Waals surface area contributed by atoms with Crippen LogP contribution in [-0.4, -0.2) is 47.2 Å². The molecule has 1 atom stereocenters. The number of nitrogens with zero attached hydrogens (tertiary/aromatic N) is 1. The number of amides is 1. The van der Waals surface area contributed by atoms with Gasteiger partial charge in [0, 0.05) is 30.8 Å². The van der Waals surface area contributed by atoms with Crippen molar-refractivity contribution in [2.24, 2.45) is 0 Å². The Bertz CT molecular complexity index is 1050. The number of nitrogens with one attached hydrogen (secondary N) is 1. The van der Waals surface area contributed by atoms with Crippen LogP contribution in [0.1, 0.15) is 12.0 Å². The van der Waals surface area contributed by atoms with Gasteiger partial charge >= 0.3 is 0 Å². The van der Waals surface area contributed by atoms with Crippen molar-refractivity contribution in [2.45, 2.75) is 24.3 Å². The molecule has 1 fully saturated rings. The summed E-state index contributed by atoms with van der Waals surface area (Å²) >= 11 is 0. The van der Waals surface area contributed by atoms with E-state index in [9.17, 15) is 13.2 Å². The van der Waals surface area contributed by atoms with Crippen molar-refractivity contribution in [1.82, 2.24) is 4.72 Å². The van der Waals surface area contributed by atoms with Crippen LogP contribution >= 0.6 is 0 Å². The van der Waals surface area contributed by atoms with Crippen molar-refractivity contribution < 1.29 is 27.4 Å². The maximum absolute atomic E-state index is 12.8. The highest BCUT2D eigenvalue weighted by molar-refractivity contribution is 7.89. The second-order valence-electron chi connectivity index (χ2n) is 6.99. The summed E-state index contributed by atoms with van der Waals surface area (Å²) < 4.78 is 44.4. The van der Waals surface area contributed by atoms with Gasteiger partial charge in [-0.05, 0) is 42.8 Å². The van der Waals surface area contributed by atoms with Gasteiger partial charge < -0.3 is 19.1 Å². The number of rotatable bonds is 5. The van der Waals surface area contributed by atoms with Gasteiger partial charge in [0.05, 0.1) is 12.0 Å². The predicted molar refractivity (Wildman–Crippen MR) is 106 cm³/mol. The predicted octanol–water partition coefficient (Wildman–Crippen LogP) is 1.86. The van der Waals surface area contributed by atoms with Crippen LogP contribution in [-0.2, 0) is 14.8 Å². The van der Waals surface area contributed by atoms with Crippen LogP contribution in [0.4, 0.5) is 5.69 Å². The van der Waals surface area contributed by atoms with E-state index in [0.29, 0.717) is 36.1 Å². The summed E-state index contributed by atoms with van der Waals surface area (Å²) in [5.74, 6) is 1.68. The molecular weight excluding hydrogens is 396 g/mol. The summed E-state index contributed by atoms with van der Waals surface area (Å²) in [5, 5.41) is 0. The molecule has 0 unspecified atom stereocenters. The first-order chi connectivity index (χ1) is 13.9. The number of fused-ring (bicyclic) bond motifs is 1. The molecule has 2 heterocycles. The van der Waals surface area contributed by atoms with Crippen molar-refractivity contribution in [2.75, 3.05) is 31.8 Å². The quantitative estimate of drug-likeness (QED) is 0.797. The zero-order chi connectivity index (χ0) is 20.6. The molecule has 0 spiro atoms. The lowest BCUT2D eigenvalue weighted by Gasteiger charge is -2.22. The standard InChI is InChI=1S/C20H22N2O6S/c1-13-9-16(4-6-17(13)26-2)29(24,25)21-14-10-20(23)22(12-14)15-3-5-18-19(11-15)28-8-7-27-18/h3-6,9,11,14,21H,7-8,10,12H2,1-2H3/t14-/m1/s1. The number of ether oxygens (including phenoxy) is 3. The minimum atomic E-state index is -3.76. The number of sulfonamides is 1. The molecule has 4 rings (SSSR count). The zero-order valence-electron chi connectivity index (χ0n) is 16.2. The Kier molecular flexibility index (Phi) is 5.10. The fourth-order valence-electron chi connectivity index (χ4n) is 3.54. The Balaban J connectivity index is 1.50. The maximum atomic E-state index is 12.8. The number of hydrogen-bond donors (Lipinski definition) is 1. The Morgan fingerprint density at radius 2 is 1.86 bits per heavy atom. The van der Waals surface area contributed by atoms with Gasteiger partial charge in [0.1, 0.15) is 19.0 Å². The first-order valence-corrected chi connectivity index (χ1v) is 10.7. The van der Waals surface area contributed by atoms with Crippen molar-refractivity contribution in [1.29, 1.82) is 0 Å². The highest BCUT2D eigenvalue weighted by Crippen LogP contribution is 2.35. The van der Waals surface area contributed by atoms with Gasteiger partial charge in [0.15, 0.2) is 11.5 Å². The van der Waals surface area contributed by atoms with Gasteiger partial charge in [0.2, 0.25) is 15.9 Å². The zero-order valence-corrected chi connectivity index (χ0v) is 17.0. The van der Waals surface area contributed by atoms with Crippen LogP contribution in [0.2, 0.25) is 0 Å². The molecule has 1 saturated heterocycles. The smallest absolute Gasteiger partial charge is 0.240 e. The number of carbonyl (C=O) groups excluding carboxylic acids is 1. The number of benzene rings is 2. The van der Waals surface area contributed by atoms with Gasteiger partial charge in [-0.1, -0.05) is 0 Å². The third-order valence-electron chi connectivity index (χ3n) is 4.96. The molecular formula is C20H22N2O6S. The molecule has 0 saturated carbocycles. The van der Waals surface area contributed by atoms with E-state index in [2.05, 4.69) is 4.72 Å². The minimum absolute atomic E-state index is 0.0861. The molecule has 1 amide bonds. The minimum Gasteiger partial charge on any atom is -0.496 e. The van der Waals surface area contributed by atoms with Crippen LogP contribution in [0.3, 0.4) is 0 Å². The Morgan fingerprint density at radius 1 is 1.10 bits per heavy atom. The molecule has 2 aromatic rings. The van der Waals surface area contributed by atoms with E-state index in [-0.39, 0.29) is 23.8 Å². The summed E-state index contributed by atoms with van der Waals surface area (Å²) in [5.41, 5.74) is 1.37. The lowest BCUT2D eigenvalue weighted by Crippen LogP contribution is -2.37. The third-order valence-corrected chi connectivity index (χ3v) is 6.48. The third kappa shape index (κ3) is 3.88. The van der Waals surface area contributed by atoms with Gasteiger partial charge in [-0.25, -0.2) is 13.1 Å². The molecule has 0 bridgehead atoms. The average molecular weight is 418 g/mol. The van der Waals surface area contributed by atoms with Crippen LogP contribution in [0.15, 0.2) is 41.3 Å². The molecule has 9 heteroatoms. The fourth-order valence-corrected chi connectivity index (χ4v) is 4.85. The van der Waals surface area contributed by atoms with Gasteiger partial charge in [-0.3, -0.25) is 4.79 Å². The summed E-state index contributed by atoms with van der Waals surface area (Å²) in [6, 6.07) is 9.41. The Hall–Kier alpha value is -2.78. The second kappa shape index (κ2) is 7.57. The lowest BCUT2D eigenvalue weighted by atomic mass is 10.2. The monoisotopic (exact) mass is 418 g/mol. The van der Waals surface area contributed by atoms with Crippen molar-refractivity contribution in [3.05, 3.63) is 42.0 Å². The van der Waals surface area contributed by atoms with Crippen LogP contribution in [0.5, 0.6) is 17.2 Å². The van der Waals surface area contributed by atoms with Crippen molar-refractivity contribution in [3.8, 4) is 17.2 Å². The van der Waals surface area contributed by atoms with Gasteiger partial charge in [-0.15, -0.1) is 0 Å². The van der Waals surface area contributed by atoms with E-state index in [4.69, 9.17) is 14.2 Å². The largest absolute Gasteiger partial charge is 0.496 e. The highest BCUT2D eigenvalue weighted by Gasteiger charge is 2.34. The average Bonchev–Trinajstić information content (AvgIpc) is 3.06. The SMILES string of the molecule is COc1ccc(S(=O)(=O)N[C@@H]2CC(=O)N(c3ccc4c(c3)OCCO4)C2)cc1C. The van der Waals surface area contributed by atoms with E-state index < -0.39 is 16.1 Å². The van der Waals surface area contributed by atoms with E-state index in [1.54, 1.807) is 42.2 Å². The van der Waals surface area contributed by atoms with Gasteiger partial charge in [0.25, 0.3) is 0 Å². The first kappa shape index (κ1) is 19.5. The Labute approximate surface area is 169 Å². The topological polar surface area (TPSA) is 94.2 Å². The van der Waals surface area contributed by atoms with Crippen LogP contribution in [0, 0.1) is 6.92 Å². The molecule has 2 aliphatic rings. The van der Waals surface area contributed by atoms with Gasteiger partial charge in [-0.2, -0.15) is 0 Å². The molecule has 0 radical (unpaired) electrons. The molecule has 0 aliphatic carbocycles. The van der Waals surface area contributed by atoms with E-state index in [1.165, 1.54) is 13.2 Å². The molecule has 1 N–H and O–H groups in total.